The fourth-order valence-corrected chi connectivity index (χ4v) is 4.54. The molecule has 1 fully saturated rings. The zero-order valence-corrected chi connectivity index (χ0v) is 19.1. The lowest BCUT2D eigenvalue weighted by molar-refractivity contribution is -0.132. The van der Waals surface area contributed by atoms with Gasteiger partial charge in [0.05, 0.1) is 0 Å². The number of fused-ring (bicyclic) bond motifs is 1. The average Bonchev–Trinajstić information content (AvgIpc) is 3.51. The van der Waals surface area contributed by atoms with Crippen molar-refractivity contribution in [2.45, 2.75) is 38.5 Å². The van der Waals surface area contributed by atoms with E-state index in [1.807, 2.05) is 47.5 Å². The molecule has 0 radical (unpaired) electrons. The van der Waals surface area contributed by atoms with Gasteiger partial charge in [0.2, 0.25) is 23.5 Å². The van der Waals surface area contributed by atoms with Gasteiger partial charge in [-0.15, -0.1) is 0 Å². The van der Waals surface area contributed by atoms with E-state index in [0.717, 1.165) is 36.0 Å². The number of piperidine rings is 1. The summed E-state index contributed by atoms with van der Waals surface area (Å²) in [5.41, 5.74) is 3.84. The molecule has 4 aromatic rings. The predicted molar refractivity (Wildman–Crippen MR) is 129 cm³/mol. The number of benzene rings is 2. The zero-order valence-electron chi connectivity index (χ0n) is 19.1. The Balaban J connectivity index is 1.14. The SMILES string of the molecule is CC(=O)Nc1ccc(-c2noc(C3CCN(C(=O)CCc4c[nH]c5ccccc45)CC3)n2)cc1. The van der Waals surface area contributed by atoms with Crippen molar-refractivity contribution in [3.8, 4) is 11.4 Å². The Morgan fingerprint density at radius 3 is 2.65 bits per heavy atom. The lowest BCUT2D eigenvalue weighted by Gasteiger charge is -2.30. The molecular formula is C26H27N5O3. The van der Waals surface area contributed by atoms with Crippen LogP contribution in [0.25, 0.3) is 22.3 Å². The summed E-state index contributed by atoms with van der Waals surface area (Å²) in [5, 5.41) is 8.06. The van der Waals surface area contributed by atoms with E-state index in [-0.39, 0.29) is 17.7 Å². The lowest BCUT2D eigenvalue weighted by Crippen LogP contribution is -2.38. The van der Waals surface area contributed by atoms with Crippen LogP contribution in [0, 0.1) is 0 Å². The molecule has 0 spiro atoms. The normalized spacial score (nSPS) is 14.4. The summed E-state index contributed by atoms with van der Waals surface area (Å²) in [6.45, 7) is 2.86. The van der Waals surface area contributed by atoms with Crippen LogP contribution in [0.1, 0.15) is 43.6 Å². The number of rotatable bonds is 6. The first-order valence-corrected chi connectivity index (χ1v) is 11.6. The van der Waals surface area contributed by atoms with Gasteiger partial charge in [0, 0.05) is 60.7 Å². The summed E-state index contributed by atoms with van der Waals surface area (Å²) < 4.78 is 5.55. The number of carbonyl (C=O) groups excluding carboxylic acids is 2. The third kappa shape index (κ3) is 4.71. The molecule has 2 N–H and O–H groups in total. The number of H-pyrrole nitrogens is 1. The quantitative estimate of drug-likeness (QED) is 0.443. The zero-order chi connectivity index (χ0) is 23.5. The number of hydrogen-bond acceptors (Lipinski definition) is 5. The van der Waals surface area contributed by atoms with Gasteiger partial charge in [0.1, 0.15) is 0 Å². The number of nitrogens with zero attached hydrogens (tertiary/aromatic N) is 3. The molecular weight excluding hydrogens is 430 g/mol. The van der Waals surface area contributed by atoms with E-state index in [4.69, 9.17) is 4.52 Å². The van der Waals surface area contributed by atoms with Crippen LogP contribution in [0.2, 0.25) is 0 Å². The van der Waals surface area contributed by atoms with Gasteiger partial charge in [0.25, 0.3) is 0 Å². The standard InChI is InChI=1S/C26H27N5O3/c1-17(32)28-21-9-6-18(7-10-21)25-29-26(34-30-25)19-12-14-31(15-13-19)24(33)11-8-20-16-27-23-5-3-2-4-22(20)23/h2-7,9-10,16,19,27H,8,11-15H2,1H3,(H,28,32). The van der Waals surface area contributed by atoms with Crippen LogP contribution >= 0.6 is 0 Å². The van der Waals surface area contributed by atoms with Crippen LogP contribution < -0.4 is 5.32 Å². The summed E-state index contributed by atoms with van der Waals surface area (Å²) in [5.74, 6) is 1.37. The highest BCUT2D eigenvalue weighted by atomic mass is 16.5. The highest BCUT2D eigenvalue weighted by Gasteiger charge is 2.27. The van der Waals surface area contributed by atoms with Gasteiger partial charge >= 0.3 is 0 Å². The Bertz CT molecular complexity index is 1300. The summed E-state index contributed by atoms with van der Waals surface area (Å²) in [6, 6.07) is 15.5. The van der Waals surface area contributed by atoms with Crippen LogP contribution in [0.3, 0.4) is 0 Å². The van der Waals surface area contributed by atoms with Gasteiger partial charge < -0.3 is 19.7 Å². The largest absolute Gasteiger partial charge is 0.361 e. The molecule has 2 aromatic heterocycles. The highest BCUT2D eigenvalue weighted by molar-refractivity contribution is 5.89. The minimum absolute atomic E-state index is 0.114. The second-order valence-electron chi connectivity index (χ2n) is 8.73. The highest BCUT2D eigenvalue weighted by Crippen LogP contribution is 2.29. The Labute approximate surface area is 197 Å². The van der Waals surface area contributed by atoms with Gasteiger partial charge in [-0.05, 0) is 55.2 Å². The molecule has 8 heteroatoms. The predicted octanol–water partition coefficient (Wildman–Crippen LogP) is 4.52. The van der Waals surface area contributed by atoms with E-state index in [0.29, 0.717) is 31.2 Å². The number of para-hydroxylation sites is 1. The maximum atomic E-state index is 12.8. The molecule has 1 aliphatic heterocycles. The molecule has 174 valence electrons. The number of likely N-dealkylation sites (tertiary alicyclic amines) is 1. The summed E-state index contributed by atoms with van der Waals surface area (Å²) in [4.78, 5) is 33.8. The van der Waals surface area contributed by atoms with E-state index >= 15 is 0 Å². The molecule has 0 atom stereocenters. The van der Waals surface area contributed by atoms with Crippen molar-refractivity contribution >= 4 is 28.4 Å². The molecule has 34 heavy (non-hydrogen) atoms. The first-order chi connectivity index (χ1) is 16.6. The van der Waals surface area contributed by atoms with E-state index in [1.54, 1.807) is 0 Å². The van der Waals surface area contributed by atoms with Crippen molar-refractivity contribution in [2.75, 3.05) is 18.4 Å². The van der Waals surface area contributed by atoms with E-state index in [2.05, 4.69) is 32.6 Å². The molecule has 8 nitrogen and oxygen atoms in total. The third-order valence-corrected chi connectivity index (χ3v) is 6.39. The van der Waals surface area contributed by atoms with Crippen molar-refractivity contribution in [2.24, 2.45) is 0 Å². The van der Waals surface area contributed by atoms with Gasteiger partial charge in [0.15, 0.2) is 0 Å². The fraction of sp³-hybridized carbons (Fsp3) is 0.308. The second-order valence-corrected chi connectivity index (χ2v) is 8.73. The molecule has 2 aromatic carbocycles. The molecule has 0 unspecified atom stereocenters. The molecule has 2 amide bonds. The average molecular weight is 458 g/mol. The summed E-state index contributed by atoms with van der Waals surface area (Å²) in [6.07, 6.45) is 4.86. The van der Waals surface area contributed by atoms with Gasteiger partial charge in [-0.2, -0.15) is 4.98 Å². The molecule has 3 heterocycles. The second kappa shape index (κ2) is 9.51. The Kier molecular flexibility index (Phi) is 6.12. The monoisotopic (exact) mass is 457 g/mol. The number of hydrogen-bond donors (Lipinski definition) is 2. The van der Waals surface area contributed by atoms with Crippen molar-refractivity contribution in [1.82, 2.24) is 20.0 Å². The van der Waals surface area contributed by atoms with Gasteiger partial charge in [-0.25, -0.2) is 0 Å². The molecule has 0 aliphatic carbocycles. The first-order valence-electron chi connectivity index (χ1n) is 11.6. The van der Waals surface area contributed by atoms with Crippen LogP contribution in [-0.2, 0) is 16.0 Å². The van der Waals surface area contributed by atoms with Crippen LogP contribution in [-0.4, -0.2) is 44.9 Å². The van der Waals surface area contributed by atoms with Crippen molar-refractivity contribution < 1.29 is 14.1 Å². The Morgan fingerprint density at radius 2 is 1.88 bits per heavy atom. The summed E-state index contributed by atoms with van der Waals surface area (Å²) in [7, 11) is 0. The molecule has 0 bridgehead atoms. The van der Waals surface area contributed by atoms with Crippen LogP contribution in [0.15, 0.2) is 59.3 Å². The third-order valence-electron chi connectivity index (χ3n) is 6.39. The van der Waals surface area contributed by atoms with Crippen LogP contribution in [0.5, 0.6) is 0 Å². The maximum absolute atomic E-state index is 12.8. The first kappa shape index (κ1) is 21.9. The van der Waals surface area contributed by atoms with Crippen molar-refractivity contribution in [1.29, 1.82) is 0 Å². The Hall–Kier alpha value is -3.94. The maximum Gasteiger partial charge on any atom is 0.230 e. The topological polar surface area (TPSA) is 104 Å². The van der Waals surface area contributed by atoms with Gasteiger partial charge in [-0.3, -0.25) is 9.59 Å². The summed E-state index contributed by atoms with van der Waals surface area (Å²) >= 11 is 0. The van der Waals surface area contributed by atoms with E-state index < -0.39 is 0 Å². The molecule has 5 rings (SSSR count). The molecule has 1 saturated heterocycles. The fourth-order valence-electron chi connectivity index (χ4n) is 4.54. The number of aromatic nitrogens is 3. The van der Waals surface area contributed by atoms with Crippen LogP contribution in [0.4, 0.5) is 5.69 Å². The lowest BCUT2D eigenvalue weighted by atomic mass is 9.96. The van der Waals surface area contributed by atoms with Crippen molar-refractivity contribution in [3.63, 3.8) is 0 Å². The minimum Gasteiger partial charge on any atom is -0.361 e. The molecule has 0 saturated carbocycles. The molecule has 1 aliphatic rings. The number of amides is 2. The minimum atomic E-state index is -0.114. The number of anilines is 1. The van der Waals surface area contributed by atoms with Crippen molar-refractivity contribution in [3.05, 3.63) is 66.2 Å². The Morgan fingerprint density at radius 1 is 1.12 bits per heavy atom. The van der Waals surface area contributed by atoms with E-state index in [9.17, 15) is 9.59 Å². The smallest absolute Gasteiger partial charge is 0.230 e. The van der Waals surface area contributed by atoms with Gasteiger partial charge in [-0.1, -0.05) is 23.4 Å². The van der Waals surface area contributed by atoms with E-state index in [1.165, 1.54) is 17.9 Å². The number of nitrogens with one attached hydrogen (secondary N) is 2. The number of carbonyl (C=O) groups is 2. The number of aromatic amines is 1. The number of aryl methyl sites for hydroxylation is 1.